The smallest absolute Gasteiger partial charge is 0.0728 e. The Bertz CT molecular complexity index is 225. The molecule has 8 N–H and O–H groups in total. The average Bonchev–Trinajstić information content (AvgIpc) is 2.23. The molecule has 4 unspecified atom stereocenters. The summed E-state index contributed by atoms with van der Waals surface area (Å²) in [6, 6.07) is 0.182. The first-order valence-corrected chi connectivity index (χ1v) is 6.17. The van der Waals surface area contributed by atoms with Crippen molar-refractivity contribution in [2.45, 2.75) is 56.6 Å². The third-order valence-electron chi connectivity index (χ3n) is 3.61. The molecule has 0 saturated carbocycles. The summed E-state index contributed by atoms with van der Waals surface area (Å²) in [6.45, 7) is 0.766. The minimum absolute atomic E-state index is 0.00926. The summed E-state index contributed by atoms with van der Waals surface area (Å²) in [5.41, 5.74) is 24.3. The molecule has 2 rings (SSSR count). The number of rotatable bonds is 1. The predicted molar refractivity (Wildman–Crippen MR) is 63.5 cm³/mol. The quantitative estimate of drug-likeness (QED) is 0.442. The molecule has 0 bridgehead atoms. The highest BCUT2D eigenvalue weighted by molar-refractivity contribution is 4.84. The summed E-state index contributed by atoms with van der Waals surface area (Å²) in [4.78, 5) is 0. The second-order valence-corrected chi connectivity index (χ2v) is 4.97. The minimum Gasteiger partial charge on any atom is -0.326 e. The first-order valence-electron chi connectivity index (χ1n) is 6.17. The average molecular weight is 228 g/mol. The molecule has 0 amide bonds. The molecule has 0 spiro atoms. The van der Waals surface area contributed by atoms with Gasteiger partial charge in [-0.15, -0.1) is 0 Å². The monoisotopic (exact) mass is 228 g/mol. The third kappa shape index (κ3) is 2.37. The van der Waals surface area contributed by atoms with Crippen molar-refractivity contribution < 1.29 is 0 Å². The summed E-state index contributed by atoms with van der Waals surface area (Å²) in [7, 11) is 0. The van der Waals surface area contributed by atoms with Gasteiger partial charge in [0.2, 0.25) is 0 Å². The van der Waals surface area contributed by atoms with Crippen molar-refractivity contribution in [1.29, 1.82) is 0 Å². The van der Waals surface area contributed by atoms with E-state index in [2.05, 4.69) is 5.01 Å². The van der Waals surface area contributed by atoms with Crippen LogP contribution in [0.5, 0.6) is 0 Å². The molecule has 0 aromatic rings. The van der Waals surface area contributed by atoms with E-state index in [1.165, 1.54) is 0 Å². The summed E-state index contributed by atoms with van der Waals surface area (Å²) >= 11 is 0. The molecule has 94 valence electrons. The maximum absolute atomic E-state index is 6.12. The van der Waals surface area contributed by atoms with Gasteiger partial charge in [0.15, 0.2) is 0 Å². The molecule has 2 heterocycles. The van der Waals surface area contributed by atoms with E-state index in [4.69, 9.17) is 22.9 Å². The number of nitrogens with two attached hydrogens (primary N) is 4. The fourth-order valence-corrected chi connectivity index (χ4v) is 2.69. The highest BCUT2D eigenvalue weighted by Crippen LogP contribution is 2.23. The van der Waals surface area contributed by atoms with Crippen LogP contribution in [-0.2, 0) is 0 Å². The lowest BCUT2D eigenvalue weighted by molar-refractivity contribution is -0.149. The van der Waals surface area contributed by atoms with Crippen molar-refractivity contribution >= 4 is 0 Å². The van der Waals surface area contributed by atoms with Gasteiger partial charge in [0.05, 0.1) is 18.5 Å². The second kappa shape index (κ2) is 4.95. The molecular weight excluding hydrogens is 204 g/mol. The van der Waals surface area contributed by atoms with Gasteiger partial charge in [-0.25, -0.2) is 10.0 Å². The van der Waals surface area contributed by atoms with Gasteiger partial charge in [-0.3, -0.25) is 0 Å². The minimum atomic E-state index is -0.0138. The zero-order valence-corrected chi connectivity index (χ0v) is 9.76. The van der Waals surface area contributed by atoms with Crippen LogP contribution in [0.15, 0.2) is 0 Å². The van der Waals surface area contributed by atoms with Gasteiger partial charge in [0.25, 0.3) is 0 Å². The van der Waals surface area contributed by atoms with E-state index >= 15 is 0 Å². The third-order valence-corrected chi connectivity index (χ3v) is 3.61. The lowest BCUT2D eigenvalue weighted by atomic mass is 10.0. The van der Waals surface area contributed by atoms with Crippen LogP contribution in [0.4, 0.5) is 0 Å². The van der Waals surface area contributed by atoms with E-state index in [9.17, 15) is 0 Å². The van der Waals surface area contributed by atoms with Crippen LogP contribution < -0.4 is 22.9 Å². The van der Waals surface area contributed by atoms with Crippen LogP contribution in [0.25, 0.3) is 0 Å². The van der Waals surface area contributed by atoms with Crippen LogP contribution in [0.2, 0.25) is 0 Å². The Morgan fingerprint density at radius 1 is 0.750 bits per heavy atom. The van der Waals surface area contributed by atoms with Gasteiger partial charge in [-0.1, -0.05) is 0 Å². The fourth-order valence-electron chi connectivity index (χ4n) is 2.69. The van der Waals surface area contributed by atoms with Gasteiger partial charge in [0.1, 0.15) is 0 Å². The van der Waals surface area contributed by atoms with Gasteiger partial charge >= 0.3 is 0 Å². The van der Waals surface area contributed by atoms with Crippen molar-refractivity contribution in [2.75, 3.05) is 6.54 Å². The van der Waals surface area contributed by atoms with Gasteiger partial charge in [-0.05, 0) is 32.1 Å². The summed E-state index contributed by atoms with van der Waals surface area (Å²) in [5.74, 6) is 0. The van der Waals surface area contributed by atoms with Crippen molar-refractivity contribution in [3.05, 3.63) is 0 Å². The Hall–Kier alpha value is -0.240. The highest BCUT2D eigenvalue weighted by Gasteiger charge is 2.36. The molecule has 6 heteroatoms. The van der Waals surface area contributed by atoms with Crippen molar-refractivity contribution in [2.24, 2.45) is 22.9 Å². The van der Waals surface area contributed by atoms with Crippen LogP contribution in [0.3, 0.4) is 0 Å². The SMILES string of the molecule is NC1CCC(N)N(N2C(N)CCCC2N)C1. The number of piperidine rings is 2. The Kier molecular flexibility index (Phi) is 3.78. The molecule has 2 saturated heterocycles. The van der Waals surface area contributed by atoms with Gasteiger partial charge < -0.3 is 22.9 Å². The Balaban J connectivity index is 2.07. The molecule has 16 heavy (non-hydrogen) atoms. The summed E-state index contributed by atoms with van der Waals surface area (Å²) in [5, 5.41) is 4.13. The second-order valence-electron chi connectivity index (χ2n) is 4.97. The normalized spacial score (nSPS) is 43.5. The number of nitrogens with zero attached hydrogens (tertiary/aromatic N) is 2. The van der Waals surface area contributed by atoms with E-state index in [0.29, 0.717) is 0 Å². The zero-order chi connectivity index (χ0) is 11.7. The Morgan fingerprint density at radius 2 is 1.38 bits per heavy atom. The molecule has 0 aromatic carbocycles. The first kappa shape index (κ1) is 12.2. The van der Waals surface area contributed by atoms with Crippen molar-refractivity contribution in [3.63, 3.8) is 0 Å². The predicted octanol–water partition coefficient (Wildman–Crippen LogP) is -1.34. The standard InChI is InChI=1S/C10H24N6/c11-7-4-5-8(12)15(6-7)16-9(13)2-1-3-10(16)14/h7-10H,1-6,11-14H2. The maximum Gasteiger partial charge on any atom is 0.0728 e. The topological polar surface area (TPSA) is 111 Å². The first-order chi connectivity index (χ1) is 7.59. The lowest BCUT2D eigenvalue weighted by Crippen LogP contribution is -2.68. The zero-order valence-electron chi connectivity index (χ0n) is 9.76. The molecule has 6 nitrogen and oxygen atoms in total. The fraction of sp³-hybridized carbons (Fsp3) is 1.00. The summed E-state index contributed by atoms with van der Waals surface area (Å²) < 4.78 is 0. The number of hydrogen-bond acceptors (Lipinski definition) is 6. The number of hydrazine groups is 1. The van der Waals surface area contributed by atoms with Crippen LogP contribution in [0, 0.1) is 0 Å². The van der Waals surface area contributed by atoms with E-state index < -0.39 is 0 Å². The Morgan fingerprint density at radius 3 is 2.00 bits per heavy atom. The molecule has 0 aliphatic carbocycles. The molecule has 0 aromatic heterocycles. The van der Waals surface area contributed by atoms with Crippen LogP contribution in [0.1, 0.15) is 32.1 Å². The number of hydrogen-bond donors (Lipinski definition) is 4. The molecule has 2 aliphatic rings. The van der Waals surface area contributed by atoms with Crippen molar-refractivity contribution in [3.8, 4) is 0 Å². The Labute approximate surface area is 96.9 Å². The van der Waals surface area contributed by atoms with Gasteiger partial charge in [-0.2, -0.15) is 0 Å². The largest absolute Gasteiger partial charge is 0.326 e. The van der Waals surface area contributed by atoms with E-state index in [0.717, 1.165) is 38.6 Å². The summed E-state index contributed by atoms with van der Waals surface area (Å²) in [6.07, 6.45) is 4.93. The highest BCUT2D eigenvalue weighted by atomic mass is 15.7. The van der Waals surface area contributed by atoms with E-state index in [-0.39, 0.29) is 24.5 Å². The van der Waals surface area contributed by atoms with Crippen LogP contribution in [-0.4, -0.2) is 41.1 Å². The van der Waals surface area contributed by atoms with E-state index in [1.807, 2.05) is 5.01 Å². The molecule has 4 atom stereocenters. The molecule has 2 aliphatic heterocycles. The molecular formula is C10H24N6. The molecule has 0 radical (unpaired) electrons. The maximum atomic E-state index is 6.12. The van der Waals surface area contributed by atoms with Gasteiger partial charge in [0, 0.05) is 12.6 Å². The van der Waals surface area contributed by atoms with Crippen molar-refractivity contribution in [1.82, 2.24) is 10.0 Å². The van der Waals surface area contributed by atoms with Crippen LogP contribution >= 0.6 is 0 Å². The van der Waals surface area contributed by atoms with E-state index in [1.54, 1.807) is 0 Å². The lowest BCUT2D eigenvalue weighted by Gasteiger charge is -2.50. The molecule has 2 fully saturated rings.